The monoisotopic (exact) mass is 246 g/mol. The van der Waals surface area contributed by atoms with E-state index in [1.165, 1.54) is 24.8 Å². The Morgan fingerprint density at radius 1 is 1.11 bits per heavy atom. The molecule has 0 radical (unpaired) electrons. The van der Waals surface area contributed by atoms with Gasteiger partial charge in [0.1, 0.15) is 11.9 Å². The van der Waals surface area contributed by atoms with Crippen molar-refractivity contribution in [3.05, 3.63) is 42.2 Å². The van der Waals surface area contributed by atoms with E-state index in [9.17, 15) is 0 Å². The first-order valence-corrected chi connectivity index (χ1v) is 6.75. The van der Waals surface area contributed by atoms with E-state index < -0.39 is 0 Å². The minimum atomic E-state index is 0.323. The topological polar surface area (TPSA) is 18.5 Å². The van der Waals surface area contributed by atoms with E-state index >= 15 is 0 Å². The SMILES string of the molecule is C/C=C\O[C@@H]1CCCC[C@H]1c1ccc(OC)cc1. The van der Waals surface area contributed by atoms with E-state index in [1.54, 1.807) is 7.11 Å². The number of allylic oxidation sites excluding steroid dienone is 1. The smallest absolute Gasteiger partial charge is 0.118 e. The van der Waals surface area contributed by atoms with E-state index in [0.29, 0.717) is 12.0 Å². The maximum atomic E-state index is 5.84. The third-order valence-corrected chi connectivity index (χ3v) is 3.64. The highest BCUT2D eigenvalue weighted by Crippen LogP contribution is 2.35. The molecule has 0 bridgehead atoms. The largest absolute Gasteiger partial charge is 0.498 e. The van der Waals surface area contributed by atoms with Gasteiger partial charge in [-0.3, -0.25) is 0 Å². The highest BCUT2D eigenvalue weighted by molar-refractivity contribution is 5.30. The normalized spacial score (nSPS) is 24.1. The Hall–Kier alpha value is -1.44. The van der Waals surface area contributed by atoms with Gasteiger partial charge in [0.05, 0.1) is 13.4 Å². The van der Waals surface area contributed by atoms with Crippen LogP contribution in [0, 0.1) is 0 Å². The van der Waals surface area contributed by atoms with Crippen molar-refractivity contribution in [2.45, 2.75) is 44.6 Å². The third-order valence-electron chi connectivity index (χ3n) is 3.64. The van der Waals surface area contributed by atoms with Crippen molar-refractivity contribution in [2.24, 2.45) is 0 Å². The summed E-state index contributed by atoms with van der Waals surface area (Å²) in [5, 5.41) is 0. The van der Waals surface area contributed by atoms with Gasteiger partial charge in [-0.25, -0.2) is 0 Å². The lowest BCUT2D eigenvalue weighted by Gasteiger charge is -2.31. The van der Waals surface area contributed by atoms with Gasteiger partial charge >= 0.3 is 0 Å². The van der Waals surface area contributed by atoms with Crippen molar-refractivity contribution in [3.63, 3.8) is 0 Å². The Kier molecular flexibility index (Phi) is 4.68. The number of hydrogen-bond acceptors (Lipinski definition) is 2. The molecule has 1 saturated carbocycles. The van der Waals surface area contributed by atoms with E-state index in [0.717, 1.165) is 12.2 Å². The fraction of sp³-hybridized carbons (Fsp3) is 0.500. The van der Waals surface area contributed by atoms with Crippen molar-refractivity contribution in [2.75, 3.05) is 7.11 Å². The zero-order valence-electron chi connectivity index (χ0n) is 11.3. The molecule has 0 aromatic heterocycles. The molecule has 2 heteroatoms. The van der Waals surface area contributed by atoms with Crippen molar-refractivity contribution in [1.29, 1.82) is 0 Å². The number of benzene rings is 1. The average molecular weight is 246 g/mol. The molecule has 1 fully saturated rings. The maximum Gasteiger partial charge on any atom is 0.118 e. The lowest BCUT2D eigenvalue weighted by molar-refractivity contribution is 0.0846. The highest BCUT2D eigenvalue weighted by Gasteiger charge is 2.27. The minimum Gasteiger partial charge on any atom is -0.498 e. The Balaban J connectivity index is 2.11. The number of methoxy groups -OCH3 is 1. The quantitative estimate of drug-likeness (QED) is 0.738. The molecule has 0 heterocycles. The second-order valence-electron chi connectivity index (χ2n) is 4.81. The molecule has 2 atom stereocenters. The van der Waals surface area contributed by atoms with E-state index in [2.05, 4.69) is 12.1 Å². The molecule has 0 aliphatic heterocycles. The van der Waals surface area contributed by atoms with Gasteiger partial charge in [-0.1, -0.05) is 24.6 Å². The molecule has 1 aliphatic carbocycles. The van der Waals surface area contributed by atoms with Crippen LogP contribution >= 0.6 is 0 Å². The van der Waals surface area contributed by atoms with E-state index in [4.69, 9.17) is 9.47 Å². The summed E-state index contributed by atoms with van der Waals surface area (Å²) in [6, 6.07) is 8.41. The van der Waals surface area contributed by atoms with E-state index in [-0.39, 0.29) is 0 Å². The van der Waals surface area contributed by atoms with Crippen LogP contribution in [0.15, 0.2) is 36.6 Å². The second kappa shape index (κ2) is 6.48. The van der Waals surface area contributed by atoms with E-state index in [1.807, 2.05) is 31.4 Å². The summed E-state index contributed by atoms with van der Waals surface area (Å²) in [6.45, 7) is 1.99. The van der Waals surface area contributed by atoms with Crippen LogP contribution in [0.2, 0.25) is 0 Å². The van der Waals surface area contributed by atoms with Gasteiger partial charge in [0, 0.05) is 5.92 Å². The average Bonchev–Trinajstić information content (AvgIpc) is 2.45. The lowest BCUT2D eigenvalue weighted by atomic mass is 9.81. The van der Waals surface area contributed by atoms with Gasteiger partial charge in [-0.15, -0.1) is 0 Å². The molecular weight excluding hydrogens is 224 g/mol. The second-order valence-corrected chi connectivity index (χ2v) is 4.81. The zero-order chi connectivity index (χ0) is 12.8. The van der Waals surface area contributed by atoms with Crippen LogP contribution in [0.5, 0.6) is 5.75 Å². The van der Waals surface area contributed by atoms with Gasteiger partial charge in [0.15, 0.2) is 0 Å². The van der Waals surface area contributed by atoms with Crippen molar-refractivity contribution in [3.8, 4) is 5.75 Å². The van der Waals surface area contributed by atoms with Gasteiger partial charge in [-0.2, -0.15) is 0 Å². The Morgan fingerprint density at radius 3 is 2.50 bits per heavy atom. The molecule has 0 amide bonds. The number of ether oxygens (including phenoxy) is 2. The number of hydrogen-bond donors (Lipinski definition) is 0. The fourth-order valence-electron chi connectivity index (χ4n) is 2.67. The van der Waals surface area contributed by atoms with Gasteiger partial charge < -0.3 is 9.47 Å². The zero-order valence-corrected chi connectivity index (χ0v) is 11.3. The van der Waals surface area contributed by atoms with Crippen LogP contribution in [0.1, 0.15) is 44.1 Å². The molecule has 1 aliphatic rings. The Bertz CT molecular complexity index is 381. The molecule has 18 heavy (non-hydrogen) atoms. The molecule has 0 spiro atoms. The molecule has 1 aromatic carbocycles. The maximum absolute atomic E-state index is 5.84. The molecule has 0 N–H and O–H groups in total. The molecule has 0 unspecified atom stereocenters. The summed E-state index contributed by atoms with van der Waals surface area (Å²) in [5.74, 6) is 1.43. The predicted molar refractivity (Wildman–Crippen MR) is 73.9 cm³/mol. The van der Waals surface area contributed by atoms with Gasteiger partial charge in [-0.05, 0) is 43.9 Å². The standard InChI is InChI=1S/C16H22O2/c1-3-12-18-16-7-5-4-6-15(16)13-8-10-14(17-2)11-9-13/h3,8-12,15-16H,4-7H2,1-2H3/b12-3-/t15-,16+/m0/s1. The van der Waals surface area contributed by atoms with Gasteiger partial charge in [0.25, 0.3) is 0 Å². The molecule has 0 saturated heterocycles. The molecule has 2 nitrogen and oxygen atoms in total. The summed E-state index contributed by atoms with van der Waals surface area (Å²) >= 11 is 0. The summed E-state index contributed by atoms with van der Waals surface area (Å²) < 4.78 is 11.0. The predicted octanol–water partition coefficient (Wildman–Crippen LogP) is 4.27. The fourth-order valence-corrected chi connectivity index (χ4v) is 2.67. The first-order chi connectivity index (χ1) is 8.85. The van der Waals surface area contributed by atoms with Crippen molar-refractivity contribution < 1.29 is 9.47 Å². The first-order valence-electron chi connectivity index (χ1n) is 6.75. The van der Waals surface area contributed by atoms with Gasteiger partial charge in [0.2, 0.25) is 0 Å². The number of rotatable bonds is 4. The van der Waals surface area contributed by atoms with Crippen molar-refractivity contribution in [1.82, 2.24) is 0 Å². The Morgan fingerprint density at radius 2 is 1.83 bits per heavy atom. The molecule has 98 valence electrons. The highest BCUT2D eigenvalue weighted by atomic mass is 16.5. The van der Waals surface area contributed by atoms with Crippen LogP contribution < -0.4 is 4.74 Å². The molecule has 1 aromatic rings. The molecule has 2 rings (SSSR count). The van der Waals surface area contributed by atoms with Crippen LogP contribution in [0.3, 0.4) is 0 Å². The summed E-state index contributed by atoms with van der Waals surface area (Å²) in [4.78, 5) is 0. The summed E-state index contributed by atoms with van der Waals surface area (Å²) in [5.41, 5.74) is 1.37. The first kappa shape index (κ1) is 13.0. The minimum absolute atomic E-state index is 0.323. The molecular formula is C16H22O2. The Labute approximate surface area is 110 Å². The summed E-state index contributed by atoms with van der Waals surface area (Å²) in [6.07, 6.45) is 9.05. The third kappa shape index (κ3) is 3.06. The summed E-state index contributed by atoms with van der Waals surface area (Å²) in [7, 11) is 1.70. The van der Waals surface area contributed by atoms with Crippen LogP contribution in [-0.4, -0.2) is 13.2 Å². The van der Waals surface area contributed by atoms with Crippen molar-refractivity contribution >= 4 is 0 Å². The van der Waals surface area contributed by atoms with Crippen LogP contribution in [0.4, 0.5) is 0 Å². The van der Waals surface area contributed by atoms with Crippen LogP contribution in [0.25, 0.3) is 0 Å². The van der Waals surface area contributed by atoms with Crippen LogP contribution in [-0.2, 0) is 4.74 Å². The lowest BCUT2D eigenvalue weighted by Crippen LogP contribution is -2.24.